The van der Waals surface area contributed by atoms with Crippen LogP contribution in [0.5, 0.6) is 0 Å². The van der Waals surface area contributed by atoms with Gasteiger partial charge in [-0.15, -0.1) is 0 Å². The third-order valence-electron chi connectivity index (χ3n) is 3.43. The molecule has 1 aliphatic rings. The number of hydrogen-bond donors (Lipinski definition) is 1. The fourth-order valence-electron chi connectivity index (χ4n) is 2.50. The second-order valence-corrected chi connectivity index (χ2v) is 4.60. The topological polar surface area (TPSA) is 33.4 Å². The van der Waals surface area contributed by atoms with E-state index in [0.717, 1.165) is 5.76 Å². The van der Waals surface area contributed by atoms with Gasteiger partial charge in [-0.3, -0.25) is 0 Å². The van der Waals surface area contributed by atoms with Gasteiger partial charge in [0.15, 0.2) is 0 Å². The molecular formula is C13H20O2. The average molecular weight is 208 g/mol. The molecule has 84 valence electrons. The van der Waals surface area contributed by atoms with Crippen molar-refractivity contribution < 1.29 is 9.52 Å². The highest BCUT2D eigenvalue weighted by Crippen LogP contribution is 2.27. The normalized spacial score (nSPS) is 21.1. The van der Waals surface area contributed by atoms with Crippen molar-refractivity contribution in [3.05, 3.63) is 24.2 Å². The van der Waals surface area contributed by atoms with Gasteiger partial charge in [0.2, 0.25) is 0 Å². The minimum atomic E-state index is -0.214. The van der Waals surface area contributed by atoms with Crippen molar-refractivity contribution in [1.82, 2.24) is 0 Å². The summed E-state index contributed by atoms with van der Waals surface area (Å²) < 4.78 is 5.27. The molecule has 2 nitrogen and oxygen atoms in total. The summed E-state index contributed by atoms with van der Waals surface area (Å²) in [6, 6.07) is 3.83. The molecule has 0 aliphatic heterocycles. The zero-order valence-corrected chi connectivity index (χ0v) is 9.19. The van der Waals surface area contributed by atoms with Crippen molar-refractivity contribution in [2.24, 2.45) is 5.92 Å². The van der Waals surface area contributed by atoms with E-state index in [1.165, 1.54) is 38.5 Å². The highest BCUT2D eigenvalue weighted by Gasteiger charge is 2.21. The predicted molar refractivity (Wildman–Crippen MR) is 59.6 cm³/mol. The molecule has 2 rings (SSSR count). The van der Waals surface area contributed by atoms with Crippen LogP contribution < -0.4 is 0 Å². The number of hydrogen-bond acceptors (Lipinski definition) is 2. The van der Waals surface area contributed by atoms with E-state index in [-0.39, 0.29) is 6.10 Å². The zero-order valence-electron chi connectivity index (χ0n) is 9.19. The van der Waals surface area contributed by atoms with Crippen molar-refractivity contribution in [1.29, 1.82) is 0 Å². The van der Waals surface area contributed by atoms with Crippen molar-refractivity contribution in [3.63, 3.8) is 0 Å². The average Bonchev–Trinajstić information content (AvgIpc) is 2.58. The Balaban J connectivity index is 1.86. The lowest BCUT2D eigenvalue weighted by molar-refractivity contribution is 0.0934. The minimum Gasteiger partial charge on any atom is -0.469 e. The second-order valence-electron chi connectivity index (χ2n) is 4.60. The van der Waals surface area contributed by atoms with Gasteiger partial charge in [0.25, 0.3) is 0 Å². The molecule has 0 saturated heterocycles. The van der Waals surface area contributed by atoms with Crippen molar-refractivity contribution >= 4 is 0 Å². The van der Waals surface area contributed by atoms with Crippen molar-refractivity contribution in [2.75, 3.05) is 0 Å². The summed E-state index contributed by atoms with van der Waals surface area (Å²) in [4.78, 5) is 0. The van der Waals surface area contributed by atoms with Crippen LogP contribution in [0.3, 0.4) is 0 Å². The van der Waals surface area contributed by atoms with E-state index in [4.69, 9.17) is 4.42 Å². The van der Waals surface area contributed by atoms with Crippen LogP contribution in [-0.4, -0.2) is 11.2 Å². The van der Waals surface area contributed by atoms with Gasteiger partial charge in [0.1, 0.15) is 5.76 Å². The summed E-state index contributed by atoms with van der Waals surface area (Å²) in [5.41, 5.74) is 0. The Morgan fingerprint density at radius 2 is 2.00 bits per heavy atom. The Labute approximate surface area is 91.3 Å². The summed E-state index contributed by atoms with van der Waals surface area (Å²) >= 11 is 0. The summed E-state index contributed by atoms with van der Waals surface area (Å²) in [5, 5.41) is 10.1. The summed E-state index contributed by atoms with van der Waals surface area (Å²) in [6.45, 7) is 0. The maximum absolute atomic E-state index is 10.1. The standard InChI is InChI=1S/C13H20O2/c14-13(10-12-8-5-9-15-12)11-6-3-1-2-4-7-11/h5,8-9,11,13-14H,1-4,6-7,10H2. The maximum Gasteiger partial charge on any atom is 0.106 e. The molecular weight excluding hydrogens is 188 g/mol. The maximum atomic E-state index is 10.1. The first kappa shape index (κ1) is 10.7. The third kappa shape index (κ3) is 3.10. The van der Waals surface area contributed by atoms with Crippen LogP contribution in [0, 0.1) is 5.92 Å². The van der Waals surface area contributed by atoms with E-state index in [1.54, 1.807) is 6.26 Å². The van der Waals surface area contributed by atoms with Crippen LogP contribution in [0.1, 0.15) is 44.3 Å². The van der Waals surface area contributed by atoms with Crippen LogP contribution >= 0.6 is 0 Å². The molecule has 1 fully saturated rings. The number of furan rings is 1. The molecule has 1 saturated carbocycles. The van der Waals surface area contributed by atoms with Crippen molar-refractivity contribution in [3.8, 4) is 0 Å². The van der Waals surface area contributed by atoms with Crippen LogP contribution in [0.15, 0.2) is 22.8 Å². The Bertz CT molecular complexity index is 258. The summed E-state index contributed by atoms with van der Waals surface area (Å²) in [7, 11) is 0. The van der Waals surface area contributed by atoms with Crippen molar-refractivity contribution in [2.45, 2.75) is 51.0 Å². The van der Waals surface area contributed by atoms with E-state index in [1.807, 2.05) is 12.1 Å². The van der Waals surface area contributed by atoms with Gasteiger partial charge in [0, 0.05) is 6.42 Å². The molecule has 1 aliphatic carbocycles. The van der Waals surface area contributed by atoms with Gasteiger partial charge in [-0.05, 0) is 30.9 Å². The zero-order chi connectivity index (χ0) is 10.5. The molecule has 0 radical (unpaired) electrons. The number of rotatable bonds is 3. The highest BCUT2D eigenvalue weighted by atomic mass is 16.3. The van der Waals surface area contributed by atoms with Gasteiger partial charge in [-0.2, -0.15) is 0 Å². The summed E-state index contributed by atoms with van der Waals surface area (Å²) in [5.74, 6) is 1.39. The van der Waals surface area contributed by atoms with Crippen LogP contribution in [0.4, 0.5) is 0 Å². The lowest BCUT2D eigenvalue weighted by atomic mass is 9.91. The van der Waals surface area contributed by atoms with Crippen LogP contribution in [-0.2, 0) is 6.42 Å². The van der Waals surface area contributed by atoms with Crippen LogP contribution in [0.25, 0.3) is 0 Å². The Morgan fingerprint density at radius 3 is 2.60 bits per heavy atom. The predicted octanol–water partition coefficient (Wildman–Crippen LogP) is 3.15. The van der Waals surface area contributed by atoms with E-state index < -0.39 is 0 Å². The van der Waals surface area contributed by atoms with Gasteiger partial charge >= 0.3 is 0 Å². The SMILES string of the molecule is OC(Cc1ccco1)C1CCCCCC1. The van der Waals surface area contributed by atoms with E-state index in [9.17, 15) is 5.11 Å². The Kier molecular flexibility index (Phi) is 3.84. The van der Waals surface area contributed by atoms with Gasteiger partial charge < -0.3 is 9.52 Å². The first-order valence-electron chi connectivity index (χ1n) is 6.06. The van der Waals surface area contributed by atoms with E-state index in [2.05, 4.69) is 0 Å². The third-order valence-corrected chi connectivity index (χ3v) is 3.43. The lowest BCUT2D eigenvalue weighted by Crippen LogP contribution is -2.22. The molecule has 1 N–H and O–H groups in total. The van der Waals surface area contributed by atoms with Gasteiger partial charge in [0.05, 0.1) is 12.4 Å². The lowest BCUT2D eigenvalue weighted by Gasteiger charge is -2.20. The van der Waals surface area contributed by atoms with Crippen LogP contribution in [0.2, 0.25) is 0 Å². The molecule has 0 spiro atoms. The molecule has 1 aromatic rings. The molecule has 0 aromatic carbocycles. The molecule has 1 heterocycles. The quantitative estimate of drug-likeness (QED) is 0.774. The first-order valence-corrected chi connectivity index (χ1v) is 6.06. The molecule has 2 heteroatoms. The van der Waals surface area contributed by atoms with Gasteiger partial charge in [-0.25, -0.2) is 0 Å². The molecule has 0 amide bonds. The Morgan fingerprint density at radius 1 is 1.27 bits per heavy atom. The van der Waals surface area contributed by atoms with Gasteiger partial charge in [-0.1, -0.05) is 25.7 Å². The largest absolute Gasteiger partial charge is 0.469 e. The summed E-state index contributed by atoms with van der Waals surface area (Å²) in [6.07, 6.45) is 9.74. The number of aliphatic hydroxyl groups is 1. The first-order chi connectivity index (χ1) is 7.36. The smallest absolute Gasteiger partial charge is 0.106 e. The molecule has 1 unspecified atom stereocenters. The molecule has 1 atom stereocenters. The highest BCUT2D eigenvalue weighted by molar-refractivity contribution is 5.00. The molecule has 0 bridgehead atoms. The Hall–Kier alpha value is -0.760. The second kappa shape index (κ2) is 5.36. The molecule has 15 heavy (non-hydrogen) atoms. The fourth-order valence-corrected chi connectivity index (χ4v) is 2.50. The van der Waals surface area contributed by atoms with E-state index in [0.29, 0.717) is 12.3 Å². The fraction of sp³-hybridized carbons (Fsp3) is 0.692. The van der Waals surface area contributed by atoms with E-state index >= 15 is 0 Å². The monoisotopic (exact) mass is 208 g/mol. The minimum absolute atomic E-state index is 0.214. The molecule has 1 aromatic heterocycles. The number of aliphatic hydroxyl groups excluding tert-OH is 1.